The number of benzene rings is 1. The lowest BCUT2D eigenvalue weighted by Crippen LogP contribution is -2.16. The number of aromatic nitrogens is 1. The Bertz CT molecular complexity index is 883. The van der Waals surface area contributed by atoms with E-state index >= 15 is 0 Å². The molecule has 0 bridgehead atoms. The van der Waals surface area contributed by atoms with E-state index in [9.17, 15) is 4.79 Å². The molecule has 3 aromatic rings. The number of nitrogens with two attached hydrogens (primary N) is 1. The number of carbonyl (C=O) groups is 1. The Kier molecular flexibility index (Phi) is 3.50. The van der Waals surface area contributed by atoms with Crippen LogP contribution in [-0.2, 0) is 6.42 Å². The summed E-state index contributed by atoms with van der Waals surface area (Å²) in [6.45, 7) is 0. The molecule has 0 fully saturated rings. The second-order valence-electron chi connectivity index (χ2n) is 5.42. The minimum atomic E-state index is -0.374. The third-order valence-electron chi connectivity index (χ3n) is 4.19. The van der Waals surface area contributed by atoms with E-state index in [1.54, 1.807) is 18.0 Å². The summed E-state index contributed by atoms with van der Waals surface area (Å²) < 4.78 is 6.61. The molecule has 0 saturated carbocycles. The van der Waals surface area contributed by atoms with Crippen molar-refractivity contribution in [1.82, 2.24) is 5.16 Å². The highest BCUT2D eigenvalue weighted by Crippen LogP contribution is 2.50. The fourth-order valence-corrected chi connectivity index (χ4v) is 5.11. The van der Waals surface area contributed by atoms with Crippen molar-refractivity contribution in [2.24, 2.45) is 5.73 Å². The van der Waals surface area contributed by atoms with Gasteiger partial charge in [0.1, 0.15) is 0 Å². The Morgan fingerprint density at radius 1 is 1.39 bits per heavy atom. The molecule has 0 saturated heterocycles. The van der Waals surface area contributed by atoms with Crippen molar-refractivity contribution in [3.05, 3.63) is 58.1 Å². The van der Waals surface area contributed by atoms with Crippen molar-refractivity contribution in [2.75, 3.05) is 6.26 Å². The van der Waals surface area contributed by atoms with Gasteiger partial charge in [0, 0.05) is 17.0 Å². The van der Waals surface area contributed by atoms with E-state index in [2.05, 4.69) is 17.3 Å². The van der Waals surface area contributed by atoms with E-state index in [1.807, 2.05) is 24.5 Å². The molecule has 6 heteroatoms. The van der Waals surface area contributed by atoms with Gasteiger partial charge in [-0.25, -0.2) is 0 Å². The predicted molar refractivity (Wildman–Crippen MR) is 92.1 cm³/mol. The Labute approximate surface area is 141 Å². The fourth-order valence-electron chi connectivity index (χ4n) is 3.19. The van der Waals surface area contributed by atoms with Gasteiger partial charge in [-0.3, -0.25) is 4.79 Å². The highest BCUT2D eigenvalue weighted by atomic mass is 32.2. The Hall–Kier alpha value is -2.05. The number of fused-ring (bicyclic) bond motifs is 3. The van der Waals surface area contributed by atoms with Gasteiger partial charge in [-0.15, -0.1) is 23.1 Å². The SMILES string of the molecule is CSc1sc(C(N)=O)c2c1-c1oncc1C(c1ccccc1)C2. The van der Waals surface area contributed by atoms with E-state index in [0.717, 1.165) is 33.1 Å². The quantitative estimate of drug-likeness (QED) is 0.733. The van der Waals surface area contributed by atoms with Crippen LogP contribution in [0.2, 0.25) is 0 Å². The Morgan fingerprint density at radius 2 is 2.17 bits per heavy atom. The van der Waals surface area contributed by atoms with E-state index < -0.39 is 0 Å². The van der Waals surface area contributed by atoms with E-state index in [-0.39, 0.29) is 11.8 Å². The largest absolute Gasteiger partial charge is 0.365 e. The van der Waals surface area contributed by atoms with E-state index in [0.29, 0.717) is 4.88 Å². The summed E-state index contributed by atoms with van der Waals surface area (Å²) in [5.74, 6) is 0.530. The Morgan fingerprint density at radius 3 is 2.87 bits per heavy atom. The number of primary amides is 1. The van der Waals surface area contributed by atoms with Crippen LogP contribution in [0.4, 0.5) is 0 Å². The zero-order chi connectivity index (χ0) is 16.0. The molecule has 2 aromatic heterocycles. The number of hydrogen-bond donors (Lipinski definition) is 1. The maximum atomic E-state index is 11.9. The van der Waals surface area contributed by atoms with Crippen molar-refractivity contribution in [3.63, 3.8) is 0 Å². The lowest BCUT2D eigenvalue weighted by molar-refractivity contribution is 0.100. The first-order valence-corrected chi connectivity index (χ1v) is 9.24. The number of nitrogens with zero attached hydrogens (tertiary/aromatic N) is 1. The van der Waals surface area contributed by atoms with Gasteiger partial charge in [0.05, 0.1) is 15.3 Å². The van der Waals surface area contributed by atoms with E-state index in [4.69, 9.17) is 10.3 Å². The van der Waals surface area contributed by atoms with Gasteiger partial charge in [0.2, 0.25) is 0 Å². The average Bonchev–Trinajstić information content (AvgIpc) is 3.18. The number of hydrogen-bond acceptors (Lipinski definition) is 5. The van der Waals surface area contributed by atoms with Crippen LogP contribution in [-0.4, -0.2) is 17.3 Å². The summed E-state index contributed by atoms with van der Waals surface area (Å²) in [5, 5.41) is 4.01. The molecular formula is C17H14N2O2S2. The van der Waals surface area contributed by atoms with Crippen LogP contribution in [0.3, 0.4) is 0 Å². The van der Waals surface area contributed by atoms with Crippen molar-refractivity contribution in [2.45, 2.75) is 16.5 Å². The third kappa shape index (κ3) is 2.21. The molecule has 0 spiro atoms. The summed E-state index contributed by atoms with van der Waals surface area (Å²) in [6.07, 6.45) is 4.53. The fraction of sp³-hybridized carbons (Fsp3) is 0.176. The van der Waals surface area contributed by atoms with Crippen LogP contribution < -0.4 is 5.73 Å². The van der Waals surface area contributed by atoms with Gasteiger partial charge in [0.15, 0.2) is 5.76 Å². The van der Waals surface area contributed by atoms with Gasteiger partial charge in [-0.1, -0.05) is 35.5 Å². The number of amides is 1. The van der Waals surface area contributed by atoms with Crippen molar-refractivity contribution >= 4 is 29.0 Å². The van der Waals surface area contributed by atoms with E-state index in [1.165, 1.54) is 16.9 Å². The summed E-state index contributed by atoms with van der Waals surface area (Å²) in [7, 11) is 0. The minimum Gasteiger partial charge on any atom is -0.365 e. The van der Waals surface area contributed by atoms with Gasteiger partial charge < -0.3 is 10.3 Å². The van der Waals surface area contributed by atoms with Gasteiger partial charge in [0.25, 0.3) is 5.91 Å². The zero-order valence-electron chi connectivity index (χ0n) is 12.4. The molecule has 0 radical (unpaired) electrons. The van der Waals surface area contributed by atoms with Crippen molar-refractivity contribution < 1.29 is 9.32 Å². The number of thioether (sulfide) groups is 1. The highest BCUT2D eigenvalue weighted by molar-refractivity contribution is 8.00. The smallest absolute Gasteiger partial charge is 0.259 e. The summed E-state index contributed by atoms with van der Waals surface area (Å²) in [6, 6.07) is 10.2. The van der Waals surface area contributed by atoms with Crippen LogP contribution in [0.5, 0.6) is 0 Å². The molecule has 116 valence electrons. The molecule has 1 aromatic carbocycles. The molecule has 1 unspecified atom stereocenters. The molecular weight excluding hydrogens is 328 g/mol. The molecule has 23 heavy (non-hydrogen) atoms. The second-order valence-corrected chi connectivity index (χ2v) is 7.51. The first kappa shape index (κ1) is 14.5. The maximum absolute atomic E-state index is 11.9. The summed E-state index contributed by atoms with van der Waals surface area (Å²) in [4.78, 5) is 12.5. The highest BCUT2D eigenvalue weighted by Gasteiger charge is 2.35. The monoisotopic (exact) mass is 342 g/mol. The van der Waals surface area contributed by atoms with Crippen LogP contribution in [0.15, 0.2) is 45.3 Å². The average molecular weight is 342 g/mol. The van der Waals surface area contributed by atoms with Crippen LogP contribution >= 0.6 is 23.1 Å². The standard InChI is InChI=1S/C17H14N2O2S2/c1-22-17-13-11(15(23-17)16(18)20)7-10(9-5-3-2-4-6-9)12-8-19-21-14(12)13/h2-6,8,10H,7H2,1H3,(H2,18,20). The lowest BCUT2D eigenvalue weighted by Gasteiger charge is -2.22. The van der Waals surface area contributed by atoms with Crippen LogP contribution in [0, 0.1) is 0 Å². The topological polar surface area (TPSA) is 69.1 Å². The lowest BCUT2D eigenvalue weighted by atomic mass is 9.80. The predicted octanol–water partition coefficient (Wildman–Crippen LogP) is 3.91. The Balaban J connectivity index is 1.95. The molecule has 1 aliphatic rings. The third-order valence-corrected chi connectivity index (χ3v) is 6.56. The van der Waals surface area contributed by atoms with Crippen LogP contribution in [0.25, 0.3) is 11.3 Å². The number of rotatable bonds is 3. The van der Waals surface area contributed by atoms with Gasteiger partial charge in [-0.2, -0.15) is 0 Å². The molecule has 1 atom stereocenters. The normalized spacial score (nSPS) is 16.0. The first-order valence-electron chi connectivity index (χ1n) is 7.20. The zero-order valence-corrected chi connectivity index (χ0v) is 14.0. The number of carbonyl (C=O) groups excluding carboxylic acids is 1. The molecule has 0 aliphatic heterocycles. The molecule has 4 nitrogen and oxygen atoms in total. The van der Waals surface area contributed by atoms with Crippen molar-refractivity contribution in [1.29, 1.82) is 0 Å². The molecule has 1 aliphatic carbocycles. The maximum Gasteiger partial charge on any atom is 0.259 e. The minimum absolute atomic E-state index is 0.132. The molecule has 1 amide bonds. The second kappa shape index (κ2) is 5.54. The van der Waals surface area contributed by atoms with Crippen molar-refractivity contribution in [3.8, 4) is 11.3 Å². The molecule has 2 N–H and O–H groups in total. The van der Waals surface area contributed by atoms with Crippen LogP contribution in [0.1, 0.15) is 32.3 Å². The summed E-state index contributed by atoms with van der Waals surface area (Å²) >= 11 is 3.06. The first-order chi connectivity index (χ1) is 11.2. The molecule has 4 rings (SSSR count). The molecule has 2 heterocycles. The number of thiophene rings is 1. The van der Waals surface area contributed by atoms with Gasteiger partial charge >= 0.3 is 0 Å². The summed E-state index contributed by atoms with van der Waals surface area (Å²) in [5.41, 5.74) is 9.85. The van der Waals surface area contributed by atoms with Gasteiger partial charge in [-0.05, 0) is 23.8 Å².